The molecule has 2 rings (SSSR count). The van der Waals surface area contributed by atoms with Gasteiger partial charge in [0.1, 0.15) is 5.75 Å². The van der Waals surface area contributed by atoms with E-state index in [2.05, 4.69) is 0 Å². The van der Waals surface area contributed by atoms with Gasteiger partial charge in [-0.2, -0.15) is 0 Å². The quantitative estimate of drug-likeness (QED) is 0.444. The Bertz CT molecular complexity index is 803. The highest BCUT2D eigenvalue weighted by Gasteiger charge is 2.10. The van der Waals surface area contributed by atoms with Crippen molar-refractivity contribution in [2.24, 2.45) is 0 Å². The number of benzene rings is 2. The van der Waals surface area contributed by atoms with E-state index in [4.69, 9.17) is 16.3 Å². The number of hydrogen-bond acceptors (Lipinski definition) is 4. The molecule has 2 aromatic rings. The molecular formula is C18H17ClN2O4. The van der Waals surface area contributed by atoms with Crippen LogP contribution in [0.5, 0.6) is 5.75 Å². The Morgan fingerprint density at radius 1 is 1.28 bits per heavy atom. The maximum atomic E-state index is 12.2. The highest BCUT2D eigenvalue weighted by atomic mass is 35.5. The fraction of sp³-hybridized carbons (Fsp3) is 0.167. The van der Waals surface area contributed by atoms with Gasteiger partial charge in [-0.25, -0.2) is 0 Å². The molecule has 0 fully saturated rings. The molecule has 0 spiro atoms. The molecule has 0 saturated heterocycles. The van der Waals surface area contributed by atoms with Crippen molar-refractivity contribution in [2.75, 3.05) is 14.2 Å². The molecule has 7 heteroatoms. The van der Waals surface area contributed by atoms with Gasteiger partial charge in [-0.05, 0) is 42.0 Å². The summed E-state index contributed by atoms with van der Waals surface area (Å²) in [7, 11) is 3.23. The molecule has 1 amide bonds. The highest BCUT2D eigenvalue weighted by Crippen LogP contribution is 2.23. The molecule has 0 unspecified atom stereocenters. The van der Waals surface area contributed by atoms with Crippen LogP contribution in [0.15, 0.2) is 48.5 Å². The van der Waals surface area contributed by atoms with E-state index < -0.39 is 4.92 Å². The van der Waals surface area contributed by atoms with Gasteiger partial charge in [-0.1, -0.05) is 11.6 Å². The Hall–Kier alpha value is -2.86. The van der Waals surface area contributed by atoms with Gasteiger partial charge in [0, 0.05) is 42.4 Å². The van der Waals surface area contributed by atoms with Gasteiger partial charge in [0.15, 0.2) is 0 Å². The van der Waals surface area contributed by atoms with E-state index in [0.29, 0.717) is 22.9 Å². The lowest BCUT2D eigenvalue weighted by Crippen LogP contribution is -2.24. The molecular weight excluding hydrogens is 344 g/mol. The molecule has 130 valence electrons. The van der Waals surface area contributed by atoms with Crippen LogP contribution in [-0.2, 0) is 11.3 Å². The van der Waals surface area contributed by atoms with Crippen molar-refractivity contribution in [2.45, 2.75) is 6.54 Å². The summed E-state index contributed by atoms with van der Waals surface area (Å²) in [5, 5.41) is 11.2. The van der Waals surface area contributed by atoms with Crippen LogP contribution < -0.4 is 4.74 Å². The fourth-order valence-electron chi connectivity index (χ4n) is 2.21. The summed E-state index contributed by atoms with van der Waals surface area (Å²) in [6.45, 7) is 0.340. The van der Waals surface area contributed by atoms with E-state index in [1.165, 1.54) is 23.1 Å². The number of carbonyl (C=O) groups is 1. The first kappa shape index (κ1) is 18.5. The van der Waals surface area contributed by atoms with Crippen molar-refractivity contribution in [3.05, 3.63) is 74.8 Å². The second-order valence-corrected chi connectivity index (χ2v) is 5.77. The number of hydrogen-bond donors (Lipinski definition) is 0. The summed E-state index contributed by atoms with van der Waals surface area (Å²) < 4.78 is 5.27. The number of likely N-dealkylation sites (N-methyl/N-ethyl adjacent to an activating group) is 1. The first-order valence-electron chi connectivity index (χ1n) is 7.40. The smallest absolute Gasteiger partial charge is 0.269 e. The van der Waals surface area contributed by atoms with Crippen LogP contribution in [0, 0.1) is 10.1 Å². The summed E-state index contributed by atoms with van der Waals surface area (Å²) in [4.78, 5) is 23.9. The Kier molecular flexibility index (Phi) is 6.14. The third-order valence-electron chi connectivity index (χ3n) is 3.55. The minimum absolute atomic E-state index is 0.00801. The number of nitro groups is 1. The van der Waals surface area contributed by atoms with E-state index in [9.17, 15) is 14.9 Å². The summed E-state index contributed by atoms with van der Waals surface area (Å²) in [6, 6.07) is 11.2. The van der Waals surface area contributed by atoms with Gasteiger partial charge in [0.25, 0.3) is 5.69 Å². The van der Waals surface area contributed by atoms with Crippen molar-refractivity contribution >= 4 is 29.3 Å². The molecule has 0 atom stereocenters. The predicted molar refractivity (Wildman–Crippen MR) is 96.6 cm³/mol. The summed E-state index contributed by atoms with van der Waals surface area (Å²) >= 11 is 5.99. The first-order valence-corrected chi connectivity index (χ1v) is 7.78. The topological polar surface area (TPSA) is 72.7 Å². The molecule has 0 aromatic heterocycles. The molecule has 0 N–H and O–H groups in total. The van der Waals surface area contributed by atoms with E-state index in [0.717, 1.165) is 5.56 Å². The van der Waals surface area contributed by atoms with Gasteiger partial charge >= 0.3 is 0 Å². The van der Waals surface area contributed by atoms with Crippen molar-refractivity contribution in [3.63, 3.8) is 0 Å². The second-order valence-electron chi connectivity index (χ2n) is 5.33. The standard InChI is InChI=1S/C18H17ClN2O4/c1-20(12-14-11-15(19)6-9-17(14)25-2)18(22)10-5-13-3-7-16(8-4-13)21(23)24/h3-11H,12H2,1-2H3/b10-5+. The molecule has 0 heterocycles. The van der Waals surface area contributed by atoms with Crippen LogP contribution >= 0.6 is 11.6 Å². The summed E-state index contributed by atoms with van der Waals surface area (Å²) in [6.07, 6.45) is 3.02. The van der Waals surface area contributed by atoms with Crippen molar-refractivity contribution in [1.29, 1.82) is 0 Å². The molecule has 2 aromatic carbocycles. The van der Waals surface area contributed by atoms with Crippen LogP contribution in [0.2, 0.25) is 5.02 Å². The lowest BCUT2D eigenvalue weighted by atomic mass is 10.1. The van der Waals surface area contributed by atoms with Crippen molar-refractivity contribution < 1.29 is 14.5 Å². The zero-order valence-corrected chi connectivity index (χ0v) is 14.6. The number of carbonyl (C=O) groups excluding carboxylic acids is 1. The van der Waals surface area contributed by atoms with E-state index in [1.54, 1.807) is 50.6 Å². The minimum atomic E-state index is -0.467. The predicted octanol–water partition coefficient (Wildman–Crippen LogP) is 3.93. The Morgan fingerprint density at radius 2 is 1.96 bits per heavy atom. The number of nitrogens with zero attached hydrogens (tertiary/aromatic N) is 2. The average molecular weight is 361 g/mol. The Morgan fingerprint density at radius 3 is 2.56 bits per heavy atom. The zero-order chi connectivity index (χ0) is 18.4. The number of ether oxygens (including phenoxy) is 1. The highest BCUT2D eigenvalue weighted by molar-refractivity contribution is 6.30. The molecule has 0 aliphatic carbocycles. The first-order chi connectivity index (χ1) is 11.9. The van der Waals surface area contributed by atoms with Crippen LogP contribution in [0.1, 0.15) is 11.1 Å². The minimum Gasteiger partial charge on any atom is -0.496 e. The lowest BCUT2D eigenvalue weighted by Gasteiger charge is -2.17. The molecule has 0 saturated carbocycles. The third kappa shape index (κ3) is 5.06. The zero-order valence-electron chi connectivity index (χ0n) is 13.8. The molecule has 25 heavy (non-hydrogen) atoms. The fourth-order valence-corrected chi connectivity index (χ4v) is 2.40. The molecule has 0 aliphatic rings. The number of nitro benzene ring substituents is 1. The lowest BCUT2D eigenvalue weighted by molar-refractivity contribution is -0.384. The van der Waals surface area contributed by atoms with Gasteiger partial charge in [0.2, 0.25) is 5.91 Å². The van der Waals surface area contributed by atoms with Crippen LogP contribution in [0.4, 0.5) is 5.69 Å². The molecule has 0 bridgehead atoms. The largest absolute Gasteiger partial charge is 0.496 e. The van der Waals surface area contributed by atoms with Gasteiger partial charge in [0.05, 0.1) is 12.0 Å². The maximum Gasteiger partial charge on any atom is 0.269 e. The number of rotatable bonds is 6. The van der Waals surface area contributed by atoms with Gasteiger partial charge in [-0.15, -0.1) is 0 Å². The monoisotopic (exact) mass is 360 g/mol. The Labute approximate surface area is 150 Å². The van der Waals surface area contributed by atoms with Gasteiger partial charge in [-0.3, -0.25) is 14.9 Å². The number of halogens is 1. The SMILES string of the molecule is COc1ccc(Cl)cc1CN(C)C(=O)/C=C/c1ccc([N+](=O)[O-])cc1. The van der Waals surface area contributed by atoms with Gasteiger partial charge < -0.3 is 9.64 Å². The van der Waals surface area contributed by atoms with E-state index >= 15 is 0 Å². The van der Waals surface area contributed by atoms with Crippen molar-refractivity contribution in [3.8, 4) is 5.75 Å². The number of non-ortho nitro benzene ring substituents is 1. The average Bonchev–Trinajstić information content (AvgIpc) is 2.60. The van der Waals surface area contributed by atoms with Crippen LogP contribution in [0.25, 0.3) is 6.08 Å². The molecule has 6 nitrogen and oxygen atoms in total. The third-order valence-corrected chi connectivity index (χ3v) is 3.78. The van der Waals surface area contributed by atoms with Crippen LogP contribution in [0.3, 0.4) is 0 Å². The summed E-state index contributed by atoms with van der Waals surface area (Å²) in [5.41, 5.74) is 1.51. The van der Waals surface area contributed by atoms with Crippen LogP contribution in [-0.4, -0.2) is 29.9 Å². The number of amides is 1. The number of methoxy groups -OCH3 is 1. The van der Waals surface area contributed by atoms with E-state index in [1.807, 2.05) is 0 Å². The van der Waals surface area contributed by atoms with Crippen molar-refractivity contribution in [1.82, 2.24) is 4.90 Å². The Balaban J connectivity index is 2.05. The van der Waals surface area contributed by atoms with E-state index in [-0.39, 0.29) is 11.6 Å². The molecule has 0 aliphatic heterocycles. The second kappa shape index (κ2) is 8.30. The maximum absolute atomic E-state index is 12.2. The summed E-state index contributed by atoms with van der Waals surface area (Å²) in [5.74, 6) is 0.448. The normalized spacial score (nSPS) is 10.7. The molecule has 0 radical (unpaired) electrons.